The Labute approximate surface area is 524 Å². The number of aromatic nitrogens is 4. The number of rotatable bonds is 17. The number of phenols is 1. The second-order valence-corrected chi connectivity index (χ2v) is 26.9. The number of ether oxygens (including phenoxy) is 1. The lowest BCUT2D eigenvalue weighted by atomic mass is 9.85. The molecular weight excluding hydrogens is 1180 g/mol. The molecule has 12 rings (SSSR count). The summed E-state index contributed by atoms with van der Waals surface area (Å²) in [4.78, 5) is 98.5. The van der Waals surface area contributed by atoms with Gasteiger partial charge in [0.15, 0.2) is 11.5 Å². The van der Waals surface area contributed by atoms with E-state index in [-0.39, 0.29) is 121 Å². The van der Waals surface area contributed by atoms with E-state index in [4.69, 9.17) is 16.1 Å². The molecule has 8 heterocycles. The van der Waals surface area contributed by atoms with Gasteiger partial charge in [-0.15, -0.1) is 17.8 Å². The summed E-state index contributed by atoms with van der Waals surface area (Å²) in [5.41, 5.74) is 1.12. The highest BCUT2D eigenvalue weighted by Crippen LogP contribution is 2.42. The largest absolute Gasteiger partial charge is 0.508 e. The Kier molecular flexibility index (Phi) is 17.5. The van der Waals surface area contributed by atoms with Gasteiger partial charge in [-0.3, -0.25) is 29.0 Å². The molecule has 1 aliphatic carbocycles. The number of β-amino-alcohol motifs (C(OH)–C–C–N with tert-alkyl or cyclic N) is 1. The summed E-state index contributed by atoms with van der Waals surface area (Å²) in [7, 11) is 0. The highest BCUT2D eigenvalue weighted by molar-refractivity contribution is 7.13. The first-order chi connectivity index (χ1) is 43.1. The minimum atomic E-state index is -2.03. The Bertz CT molecular complexity index is 3790. The third-order valence-electron chi connectivity index (χ3n) is 18.7. The Morgan fingerprint density at radius 3 is 2.29 bits per heavy atom. The smallest absolute Gasteiger partial charge is 0.319 e. The Morgan fingerprint density at radius 1 is 0.911 bits per heavy atom. The van der Waals surface area contributed by atoms with Crippen molar-refractivity contribution in [2.75, 3.05) is 77.0 Å². The number of likely N-dealkylation sites (tertiary alicyclic amines) is 2. The number of hydrogen-bond acceptors (Lipinski definition) is 16. The zero-order chi connectivity index (χ0) is 63.3. The van der Waals surface area contributed by atoms with Gasteiger partial charge in [-0.05, 0) is 105 Å². The molecule has 6 atom stereocenters. The Balaban J connectivity index is 0.660. The summed E-state index contributed by atoms with van der Waals surface area (Å²) in [5, 5.41) is 31.9. The number of terminal acetylenes is 1. The predicted octanol–water partition coefficient (Wildman–Crippen LogP) is 6.58. The van der Waals surface area contributed by atoms with Crippen LogP contribution in [0.25, 0.3) is 43.4 Å². The highest BCUT2D eigenvalue weighted by atomic mass is 32.1. The van der Waals surface area contributed by atoms with E-state index in [2.05, 4.69) is 46.6 Å². The lowest BCUT2D eigenvalue weighted by Crippen LogP contribution is -2.59. The van der Waals surface area contributed by atoms with E-state index in [1.165, 1.54) is 46.7 Å². The van der Waals surface area contributed by atoms with Crippen molar-refractivity contribution >= 4 is 68.4 Å². The number of nitrogens with zero attached hydrogens (tertiary/aromatic N) is 9. The van der Waals surface area contributed by atoms with Gasteiger partial charge in [0, 0.05) is 93.9 Å². The summed E-state index contributed by atoms with van der Waals surface area (Å²) in [6.45, 7) is 11.8. The number of pyridine rings is 1. The van der Waals surface area contributed by atoms with Crippen LogP contribution in [0, 0.1) is 42.2 Å². The molecule has 0 spiro atoms. The van der Waals surface area contributed by atoms with Gasteiger partial charge in [-0.2, -0.15) is 9.97 Å². The average molecular weight is 1250 g/mol. The summed E-state index contributed by atoms with van der Waals surface area (Å²) < 4.78 is 53.3. The van der Waals surface area contributed by atoms with Gasteiger partial charge in [0.05, 0.1) is 52.2 Å². The van der Waals surface area contributed by atoms with E-state index in [9.17, 15) is 38.6 Å². The minimum Gasteiger partial charge on any atom is -0.508 e. The second-order valence-electron chi connectivity index (χ2n) is 26.0. The van der Waals surface area contributed by atoms with Crippen LogP contribution in [0.2, 0.25) is 0 Å². The van der Waals surface area contributed by atoms with Gasteiger partial charge in [-0.25, -0.2) is 18.2 Å². The summed E-state index contributed by atoms with van der Waals surface area (Å²) >= 11 is 1.50. The highest BCUT2D eigenvalue weighted by Gasteiger charge is 2.53. The number of nitrogens with one attached hydrogen (secondary N) is 3. The number of aliphatic hydroxyl groups excluding tert-OH is 1. The lowest BCUT2D eigenvalue weighted by Gasteiger charge is -2.39. The Hall–Kier alpha value is -7.98. The van der Waals surface area contributed by atoms with Gasteiger partial charge < -0.3 is 55.4 Å². The van der Waals surface area contributed by atoms with Gasteiger partial charge in [0.2, 0.25) is 23.6 Å². The number of aryl methyl sites for hydroxylation is 1. The molecule has 20 nitrogen and oxygen atoms in total. The number of aliphatic hydroxyl groups is 1. The van der Waals surface area contributed by atoms with Gasteiger partial charge in [0.25, 0.3) is 5.91 Å². The van der Waals surface area contributed by atoms with Crippen molar-refractivity contribution in [3.8, 4) is 45.8 Å². The maximum atomic E-state index is 17.1. The van der Waals surface area contributed by atoms with Gasteiger partial charge in [-0.1, -0.05) is 57.0 Å². The van der Waals surface area contributed by atoms with Crippen molar-refractivity contribution in [1.82, 2.24) is 55.5 Å². The number of piperidine rings is 1. The third kappa shape index (κ3) is 12.9. The molecule has 2 bridgehead atoms. The number of anilines is 1. The van der Waals surface area contributed by atoms with Crippen LogP contribution in [-0.4, -0.2) is 187 Å². The molecule has 24 heteroatoms. The third-order valence-corrected chi connectivity index (χ3v) is 19.7. The minimum absolute atomic E-state index is 0.00804. The number of fused-ring (bicyclic) bond motifs is 4. The van der Waals surface area contributed by atoms with Crippen molar-refractivity contribution < 1.29 is 52.1 Å². The van der Waals surface area contributed by atoms with Gasteiger partial charge in [0.1, 0.15) is 40.7 Å². The van der Waals surface area contributed by atoms with E-state index in [0.717, 1.165) is 29.0 Å². The lowest BCUT2D eigenvalue weighted by molar-refractivity contribution is -0.145. The average Bonchev–Trinajstić information content (AvgIpc) is 0.955. The molecule has 6 fully saturated rings. The number of carbonyl (C=O) groups is 5. The molecule has 2 unspecified atom stereocenters. The fourth-order valence-electron chi connectivity index (χ4n) is 13.5. The molecular formula is C66H75F3N12O8S. The summed E-state index contributed by atoms with van der Waals surface area (Å²) in [5.74, 6) is -1.23. The van der Waals surface area contributed by atoms with E-state index in [0.29, 0.717) is 87.2 Å². The first-order valence-corrected chi connectivity index (χ1v) is 32.0. The number of aromatic hydroxyl groups is 1. The first kappa shape index (κ1) is 62.2. The number of thiazole rings is 1. The quantitative estimate of drug-likeness (QED) is 0.0479. The van der Waals surface area contributed by atoms with Crippen LogP contribution in [0.5, 0.6) is 11.8 Å². The maximum Gasteiger partial charge on any atom is 0.319 e. The Morgan fingerprint density at radius 2 is 1.62 bits per heavy atom. The van der Waals surface area contributed by atoms with Crippen molar-refractivity contribution in [2.45, 2.75) is 127 Å². The van der Waals surface area contributed by atoms with Crippen LogP contribution in [0.3, 0.4) is 0 Å². The molecule has 0 radical (unpaired) electrons. The molecule has 6 aliphatic rings. The molecule has 5 amide bonds. The normalized spacial score (nSPS) is 21.7. The number of amides is 5. The first-order valence-electron chi connectivity index (χ1n) is 31.1. The van der Waals surface area contributed by atoms with E-state index in [1.807, 2.05) is 36.1 Å². The number of carbonyl (C=O) groups excluding carboxylic acids is 5. The second kappa shape index (κ2) is 25.4. The zero-order valence-corrected chi connectivity index (χ0v) is 51.8. The van der Waals surface area contributed by atoms with Gasteiger partial charge >= 0.3 is 6.01 Å². The van der Waals surface area contributed by atoms with Crippen LogP contribution in [0.4, 0.5) is 19.0 Å². The fraction of sp³-hybridized carbons (Fsp3) is 0.500. The van der Waals surface area contributed by atoms with E-state index in [1.54, 1.807) is 31.2 Å². The number of benzene rings is 3. The standard InChI is InChI=1S/C66H75F3N12O8S/c1-6-46-49(67)15-12-41-28-44(82)29-47(53(41)46)55-54(68)56-48(32-70-55)59(80-33-42-13-14-43(34-80)72-42)76-64(74-56)89-27-7-20-77-21-16-40(17-22-77)61(86)79-25-23-78(24-26-79)52(84)31-50(38-8-10-39(11-9-38)57-37(2)71-36-90-57)73-60(85)51-30-45(83)35-81(51)62(87)58(65(3,4)5)75-63(88)66(69)18-19-66/h1,8-12,15,28-29,32,36,40,42-43,45,50-51,58,72,82-83H,7,13-14,16-27,30-31,33-35H2,2-5H3,(H,73,85)(H,75,88)/t42?,43?,45-,50+,51+,58-/m1/s1. The van der Waals surface area contributed by atoms with Crippen LogP contribution in [0.1, 0.15) is 101 Å². The predicted molar refractivity (Wildman–Crippen MR) is 333 cm³/mol. The summed E-state index contributed by atoms with van der Waals surface area (Å²) in [6.07, 6.45) is 10.0. The molecule has 474 valence electrons. The molecule has 5 saturated heterocycles. The molecule has 3 aromatic heterocycles. The number of halogens is 3. The monoisotopic (exact) mass is 1250 g/mol. The molecule has 3 aromatic carbocycles. The van der Waals surface area contributed by atoms with Crippen molar-refractivity contribution in [2.24, 2.45) is 11.3 Å². The van der Waals surface area contributed by atoms with Crippen LogP contribution in [-0.2, 0) is 24.0 Å². The van der Waals surface area contributed by atoms with Crippen LogP contribution in [0.15, 0.2) is 60.2 Å². The van der Waals surface area contributed by atoms with E-state index >= 15 is 8.78 Å². The van der Waals surface area contributed by atoms with Crippen molar-refractivity contribution in [3.63, 3.8) is 0 Å². The number of phenolic OH excluding ortho intramolecular Hbond substituents is 1. The van der Waals surface area contributed by atoms with E-state index < -0.39 is 64.7 Å². The van der Waals surface area contributed by atoms with Crippen molar-refractivity contribution in [1.29, 1.82) is 0 Å². The number of alkyl halides is 1. The van der Waals surface area contributed by atoms with Crippen LogP contribution < -0.4 is 25.6 Å². The van der Waals surface area contributed by atoms with Crippen LogP contribution >= 0.6 is 11.3 Å². The summed E-state index contributed by atoms with van der Waals surface area (Å²) in [6, 6.07) is 10.2. The number of hydrogen-bond donors (Lipinski definition) is 5. The maximum absolute atomic E-state index is 17.1. The molecule has 1 saturated carbocycles. The number of piperazine rings is 2. The molecule has 5 aliphatic heterocycles. The molecule has 90 heavy (non-hydrogen) atoms. The molecule has 6 aromatic rings. The fourth-order valence-corrected chi connectivity index (χ4v) is 14.3. The van der Waals surface area contributed by atoms with Crippen molar-refractivity contribution in [3.05, 3.63) is 88.7 Å². The molecule has 5 N–H and O–H groups in total. The zero-order valence-electron chi connectivity index (χ0n) is 50.9. The topological polar surface area (TPSA) is 239 Å². The SMILES string of the molecule is C#Cc1c(F)ccc2cc(O)cc(-c3ncc4c(N5CC6CCC(C5)N6)nc(OCCCN5CCC(C(=O)N6CCN(C(=O)C[C@H](NC(=O)[C@@H]7C[C@@H](O)CN7C(=O)[C@@H](NC(=O)C7(F)CC7)C(C)(C)C)c7ccc(-c8scnc8C)cc7)CC6)CC5)nc4c3F)c12.